The Balaban J connectivity index is 2.09. The van der Waals surface area contributed by atoms with Gasteiger partial charge < -0.3 is 15.4 Å². The van der Waals surface area contributed by atoms with Gasteiger partial charge in [0, 0.05) is 12.3 Å². The van der Waals surface area contributed by atoms with Crippen molar-refractivity contribution in [1.82, 2.24) is 20.2 Å². The fraction of sp³-hybridized carbons (Fsp3) is 0.188. The van der Waals surface area contributed by atoms with E-state index in [-0.39, 0.29) is 5.95 Å². The Morgan fingerprint density at radius 2 is 2.20 bits per heavy atom. The zero-order valence-corrected chi connectivity index (χ0v) is 14.2. The van der Waals surface area contributed by atoms with Gasteiger partial charge >= 0.3 is 0 Å². The van der Waals surface area contributed by atoms with Gasteiger partial charge in [0.15, 0.2) is 0 Å². The Bertz CT molecular complexity index is 871. The number of benzene rings is 1. The number of anilines is 3. The number of hydrogen-bond donors (Lipinski definition) is 2. The van der Waals surface area contributed by atoms with Crippen LogP contribution in [0.5, 0.6) is 5.75 Å². The molecule has 0 spiro atoms. The predicted molar refractivity (Wildman–Crippen MR) is 93.5 cm³/mol. The lowest BCUT2D eigenvalue weighted by molar-refractivity contribution is 0.339. The molecule has 0 aliphatic rings. The molecule has 0 fully saturated rings. The maximum atomic E-state index is 13.7. The molecule has 2 aromatic heterocycles. The van der Waals surface area contributed by atoms with E-state index in [9.17, 15) is 4.39 Å². The van der Waals surface area contributed by atoms with E-state index >= 15 is 0 Å². The first-order valence-electron chi connectivity index (χ1n) is 7.54. The number of H-pyrrole nitrogens is 1. The van der Waals surface area contributed by atoms with Gasteiger partial charge in [-0.1, -0.05) is 11.6 Å². The topological polar surface area (TPSA) is 93.0 Å². The van der Waals surface area contributed by atoms with Gasteiger partial charge in [0.25, 0.3) is 0 Å². The summed E-state index contributed by atoms with van der Waals surface area (Å²) in [6.07, 6.45) is 3.06. The Morgan fingerprint density at radius 3 is 2.88 bits per heavy atom. The second-order valence-corrected chi connectivity index (χ2v) is 5.51. The van der Waals surface area contributed by atoms with Crippen LogP contribution in [0.25, 0.3) is 0 Å². The third kappa shape index (κ3) is 3.80. The lowest BCUT2D eigenvalue weighted by Crippen LogP contribution is -2.20. The van der Waals surface area contributed by atoms with Gasteiger partial charge in [0.2, 0.25) is 5.95 Å². The third-order valence-electron chi connectivity index (χ3n) is 3.43. The van der Waals surface area contributed by atoms with Crippen LogP contribution in [0.4, 0.5) is 21.8 Å². The van der Waals surface area contributed by atoms with E-state index in [0.717, 1.165) is 0 Å². The van der Waals surface area contributed by atoms with Gasteiger partial charge in [0.05, 0.1) is 35.8 Å². The van der Waals surface area contributed by atoms with Crippen LogP contribution in [-0.2, 0) is 6.54 Å². The number of aromatic amines is 1. The molecule has 0 atom stereocenters. The van der Waals surface area contributed by atoms with Crippen molar-refractivity contribution in [3.8, 4) is 5.75 Å². The zero-order chi connectivity index (χ0) is 17.8. The molecule has 0 unspecified atom stereocenters. The molecule has 0 radical (unpaired) electrons. The molecule has 3 rings (SSSR count). The Morgan fingerprint density at radius 1 is 1.36 bits per heavy atom. The minimum atomic E-state index is -0.395. The Hall–Kier alpha value is -2.87. The summed E-state index contributed by atoms with van der Waals surface area (Å²) in [6.45, 7) is 2.52. The number of nitrogen functional groups attached to an aromatic ring is 1. The molecule has 0 amide bonds. The van der Waals surface area contributed by atoms with Crippen molar-refractivity contribution < 1.29 is 9.13 Å². The van der Waals surface area contributed by atoms with Crippen LogP contribution >= 0.6 is 11.6 Å². The zero-order valence-electron chi connectivity index (χ0n) is 13.4. The fourth-order valence-electron chi connectivity index (χ4n) is 2.35. The minimum absolute atomic E-state index is 0.123. The van der Waals surface area contributed by atoms with Gasteiger partial charge in [-0.3, -0.25) is 5.10 Å². The highest BCUT2D eigenvalue weighted by Crippen LogP contribution is 2.35. The van der Waals surface area contributed by atoms with Crippen LogP contribution in [0.15, 0.2) is 36.7 Å². The van der Waals surface area contributed by atoms with Gasteiger partial charge in [-0.05, 0) is 25.1 Å². The van der Waals surface area contributed by atoms with Crippen molar-refractivity contribution in [3.63, 3.8) is 0 Å². The van der Waals surface area contributed by atoms with Crippen LogP contribution in [0, 0.1) is 5.82 Å². The summed E-state index contributed by atoms with van der Waals surface area (Å²) in [5, 5.41) is 7.24. The van der Waals surface area contributed by atoms with Crippen molar-refractivity contribution in [2.24, 2.45) is 0 Å². The molecule has 0 aliphatic heterocycles. The van der Waals surface area contributed by atoms with Crippen LogP contribution in [-0.4, -0.2) is 26.8 Å². The summed E-state index contributed by atoms with van der Waals surface area (Å²) in [6, 6.07) is 5.98. The summed E-state index contributed by atoms with van der Waals surface area (Å²) in [5.74, 6) is 0.633. The van der Waals surface area contributed by atoms with Crippen molar-refractivity contribution in [2.75, 3.05) is 17.2 Å². The third-order valence-corrected chi connectivity index (χ3v) is 3.76. The van der Waals surface area contributed by atoms with Crippen LogP contribution in [0.2, 0.25) is 5.02 Å². The first-order valence-corrected chi connectivity index (χ1v) is 7.92. The number of nitrogens with two attached hydrogens (primary N) is 1. The van der Waals surface area contributed by atoms with E-state index in [1.807, 2.05) is 6.92 Å². The molecule has 1 aromatic carbocycles. The average Bonchev–Trinajstić information content (AvgIpc) is 2.99. The molecule has 9 heteroatoms. The number of nitrogens with one attached hydrogen (secondary N) is 1. The monoisotopic (exact) mass is 362 g/mol. The highest BCUT2D eigenvalue weighted by molar-refractivity contribution is 6.31. The SMILES string of the molecule is CCOc1cc(F)ccc1N(Cc1[nH]ncc1Cl)c1ccnc(N)n1. The molecule has 0 saturated heterocycles. The summed E-state index contributed by atoms with van der Waals surface area (Å²) < 4.78 is 19.2. The van der Waals surface area contributed by atoms with Gasteiger partial charge in [-0.2, -0.15) is 10.1 Å². The lowest BCUT2D eigenvalue weighted by atomic mass is 10.2. The minimum Gasteiger partial charge on any atom is -0.492 e. The summed E-state index contributed by atoms with van der Waals surface area (Å²) in [5.41, 5.74) is 7.00. The maximum Gasteiger partial charge on any atom is 0.221 e. The van der Waals surface area contributed by atoms with Crippen molar-refractivity contribution >= 4 is 29.1 Å². The van der Waals surface area contributed by atoms with E-state index in [2.05, 4.69) is 20.2 Å². The molecular weight excluding hydrogens is 347 g/mol. The first kappa shape index (κ1) is 17.0. The highest BCUT2D eigenvalue weighted by Gasteiger charge is 2.19. The van der Waals surface area contributed by atoms with Crippen molar-refractivity contribution in [3.05, 3.63) is 53.2 Å². The Labute approximate surface area is 148 Å². The standard InChI is InChI=1S/C16H16ClFN6O/c1-2-25-14-7-10(18)3-4-13(14)24(9-12-11(17)8-21-23-12)15-5-6-20-16(19)22-15/h3-8H,2,9H2,1H3,(H,21,23)(H2,19,20,22). The maximum absolute atomic E-state index is 13.7. The van der Waals surface area contributed by atoms with Crippen LogP contribution in [0.1, 0.15) is 12.6 Å². The van der Waals surface area contributed by atoms with E-state index < -0.39 is 5.82 Å². The normalized spacial score (nSPS) is 10.7. The highest BCUT2D eigenvalue weighted by atomic mass is 35.5. The van der Waals surface area contributed by atoms with E-state index in [1.165, 1.54) is 18.3 Å². The van der Waals surface area contributed by atoms with Crippen LogP contribution < -0.4 is 15.4 Å². The predicted octanol–water partition coefficient (Wildman–Crippen LogP) is 3.31. The number of rotatable bonds is 6. The number of aromatic nitrogens is 4. The molecule has 0 bridgehead atoms. The Kier molecular flexibility index (Phi) is 4.99. The molecule has 0 aliphatic carbocycles. The molecule has 2 heterocycles. The fourth-order valence-corrected chi connectivity index (χ4v) is 2.50. The van der Waals surface area contributed by atoms with Gasteiger partial charge in [-0.15, -0.1) is 0 Å². The number of nitrogens with zero attached hydrogens (tertiary/aromatic N) is 4. The molecule has 0 saturated carbocycles. The largest absolute Gasteiger partial charge is 0.492 e. The first-order chi connectivity index (χ1) is 12.1. The summed E-state index contributed by atoms with van der Waals surface area (Å²) >= 11 is 6.15. The average molecular weight is 363 g/mol. The van der Waals surface area contributed by atoms with Crippen molar-refractivity contribution in [2.45, 2.75) is 13.5 Å². The van der Waals surface area contributed by atoms with Gasteiger partial charge in [0.1, 0.15) is 17.4 Å². The second kappa shape index (κ2) is 7.35. The second-order valence-electron chi connectivity index (χ2n) is 5.10. The van der Waals surface area contributed by atoms with Crippen LogP contribution in [0.3, 0.4) is 0 Å². The van der Waals surface area contributed by atoms with E-state index in [4.69, 9.17) is 22.1 Å². The van der Waals surface area contributed by atoms with Crippen molar-refractivity contribution in [1.29, 1.82) is 0 Å². The van der Waals surface area contributed by atoms with E-state index in [1.54, 1.807) is 23.2 Å². The molecular formula is C16H16ClFN6O. The molecule has 25 heavy (non-hydrogen) atoms. The number of halogens is 2. The number of hydrogen-bond acceptors (Lipinski definition) is 6. The molecule has 7 nitrogen and oxygen atoms in total. The quantitative estimate of drug-likeness (QED) is 0.698. The smallest absolute Gasteiger partial charge is 0.221 e. The molecule has 130 valence electrons. The lowest BCUT2D eigenvalue weighted by Gasteiger charge is -2.25. The summed E-state index contributed by atoms with van der Waals surface area (Å²) in [7, 11) is 0. The molecule has 3 aromatic rings. The number of ether oxygens (including phenoxy) is 1. The van der Waals surface area contributed by atoms with E-state index in [0.29, 0.717) is 41.1 Å². The summed E-state index contributed by atoms with van der Waals surface area (Å²) in [4.78, 5) is 9.95. The van der Waals surface area contributed by atoms with Gasteiger partial charge in [-0.25, -0.2) is 9.37 Å². The molecule has 3 N–H and O–H groups in total.